The number of anilines is 1. The van der Waals surface area contributed by atoms with Crippen molar-refractivity contribution in [1.29, 1.82) is 0 Å². The highest BCUT2D eigenvalue weighted by Crippen LogP contribution is 2.30. The molecule has 1 aliphatic heterocycles. The van der Waals surface area contributed by atoms with Gasteiger partial charge in [0.05, 0.1) is 17.6 Å². The molecule has 1 saturated carbocycles. The van der Waals surface area contributed by atoms with Crippen LogP contribution in [0.3, 0.4) is 0 Å². The molecule has 0 atom stereocenters. The van der Waals surface area contributed by atoms with Crippen molar-refractivity contribution in [1.82, 2.24) is 15.3 Å². The van der Waals surface area contributed by atoms with Gasteiger partial charge in [0.2, 0.25) is 0 Å². The summed E-state index contributed by atoms with van der Waals surface area (Å²) in [6.45, 7) is 3.05. The van der Waals surface area contributed by atoms with Crippen molar-refractivity contribution in [2.24, 2.45) is 5.92 Å². The normalized spacial score (nSPS) is 17.9. The molecule has 1 aromatic carbocycles. The van der Waals surface area contributed by atoms with E-state index < -0.39 is 0 Å². The molecule has 0 unspecified atom stereocenters. The lowest BCUT2D eigenvalue weighted by atomic mass is 9.93. The Bertz CT molecular complexity index is 686. The van der Waals surface area contributed by atoms with E-state index in [-0.39, 0.29) is 12.4 Å². The van der Waals surface area contributed by atoms with Crippen molar-refractivity contribution in [2.75, 3.05) is 25.0 Å². The lowest BCUT2D eigenvalue weighted by Gasteiger charge is -2.22. The zero-order valence-electron chi connectivity index (χ0n) is 14.5. The number of ether oxygens (including phenoxy) is 1. The van der Waals surface area contributed by atoms with Crippen molar-refractivity contribution in [3.8, 4) is 5.88 Å². The minimum Gasteiger partial charge on any atom is -0.475 e. The van der Waals surface area contributed by atoms with Gasteiger partial charge in [0.1, 0.15) is 0 Å². The van der Waals surface area contributed by atoms with Crippen LogP contribution >= 0.6 is 12.4 Å². The monoisotopic (exact) mass is 362 g/mol. The number of para-hydroxylation sites is 2. The topological polar surface area (TPSA) is 59.1 Å². The van der Waals surface area contributed by atoms with Crippen molar-refractivity contribution >= 4 is 29.3 Å². The number of halogens is 1. The van der Waals surface area contributed by atoms with E-state index in [0.717, 1.165) is 48.9 Å². The first-order chi connectivity index (χ1) is 11.9. The van der Waals surface area contributed by atoms with Gasteiger partial charge in [0.25, 0.3) is 5.88 Å². The second-order valence-corrected chi connectivity index (χ2v) is 6.97. The summed E-state index contributed by atoms with van der Waals surface area (Å²) in [4.78, 5) is 9.40. The number of hydrogen-bond donors (Lipinski definition) is 2. The minimum atomic E-state index is 0. The van der Waals surface area contributed by atoms with Gasteiger partial charge in [-0.15, -0.1) is 12.4 Å². The number of rotatable bonds is 7. The van der Waals surface area contributed by atoms with Gasteiger partial charge in [-0.3, -0.25) is 0 Å². The number of nitrogens with one attached hydrogen (secondary N) is 2. The van der Waals surface area contributed by atoms with Gasteiger partial charge < -0.3 is 15.4 Å². The summed E-state index contributed by atoms with van der Waals surface area (Å²) in [5.41, 5.74) is 1.81. The van der Waals surface area contributed by atoms with E-state index in [1.165, 1.54) is 32.1 Å². The Morgan fingerprint density at radius 1 is 1.04 bits per heavy atom. The molecule has 0 spiro atoms. The first kappa shape index (κ1) is 18.2. The molecular weight excluding hydrogens is 336 g/mol. The van der Waals surface area contributed by atoms with Gasteiger partial charge in [-0.1, -0.05) is 12.1 Å². The van der Waals surface area contributed by atoms with E-state index in [1.54, 1.807) is 0 Å². The average Bonchev–Trinajstić information content (AvgIpc) is 3.44. The van der Waals surface area contributed by atoms with Crippen molar-refractivity contribution in [3.63, 3.8) is 0 Å². The molecule has 2 fully saturated rings. The number of piperidine rings is 1. The molecule has 0 bridgehead atoms. The van der Waals surface area contributed by atoms with Crippen LogP contribution in [-0.4, -0.2) is 35.7 Å². The second kappa shape index (κ2) is 8.68. The maximum absolute atomic E-state index is 6.01. The third-order valence-corrected chi connectivity index (χ3v) is 4.91. The maximum atomic E-state index is 6.01. The van der Waals surface area contributed by atoms with E-state index in [9.17, 15) is 0 Å². The quantitative estimate of drug-likeness (QED) is 0.734. The summed E-state index contributed by atoms with van der Waals surface area (Å²) in [7, 11) is 0. The number of fused-ring (bicyclic) bond motifs is 1. The van der Waals surface area contributed by atoms with Crippen LogP contribution in [0.1, 0.15) is 38.5 Å². The largest absolute Gasteiger partial charge is 0.475 e. The number of benzene rings is 1. The lowest BCUT2D eigenvalue weighted by Crippen LogP contribution is -2.27. The SMILES string of the molecule is Cl.c1ccc2nc(OCCCC3CCNCC3)c(NC3CC3)nc2c1. The van der Waals surface area contributed by atoms with Crippen molar-refractivity contribution in [3.05, 3.63) is 24.3 Å². The Balaban J connectivity index is 0.00000182. The summed E-state index contributed by atoms with van der Waals surface area (Å²) in [6, 6.07) is 8.52. The van der Waals surface area contributed by atoms with Crippen LogP contribution in [0.2, 0.25) is 0 Å². The van der Waals surface area contributed by atoms with Crippen LogP contribution in [0.5, 0.6) is 5.88 Å². The standard InChI is InChI=1S/C19H26N4O.ClH/c1-2-6-17-16(5-1)22-18(21-15-7-8-15)19(23-17)24-13-3-4-14-9-11-20-12-10-14;/h1-2,5-6,14-15,20H,3-4,7-13H2,(H,21,22);1H. The molecule has 1 aromatic heterocycles. The van der Waals surface area contributed by atoms with Crippen LogP contribution in [0, 0.1) is 5.92 Å². The Morgan fingerprint density at radius 3 is 2.48 bits per heavy atom. The highest BCUT2D eigenvalue weighted by atomic mass is 35.5. The zero-order chi connectivity index (χ0) is 16.2. The third kappa shape index (κ3) is 4.95. The Kier molecular flexibility index (Phi) is 6.32. The van der Waals surface area contributed by atoms with E-state index in [1.807, 2.05) is 24.3 Å². The van der Waals surface area contributed by atoms with Gasteiger partial charge in [-0.25, -0.2) is 9.97 Å². The van der Waals surface area contributed by atoms with E-state index >= 15 is 0 Å². The van der Waals surface area contributed by atoms with Gasteiger partial charge in [-0.05, 0) is 69.7 Å². The molecule has 5 nitrogen and oxygen atoms in total. The van der Waals surface area contributed by atoms with Gasteiger partial charge >= 0.3 is 0 Å². The summed E-state index contributed by atoms with van der Waals surface area (Å²) in [6.07, 6.45) is 7.35. The molecule has 6 heteroatoms. The maximum Gasteiger partial charge on any atom is 0.258 e. The number of aromatic nitrogens is 2. The van der Waals surface area contributed by atoms with Crippen LogP contribution < -0.4 is 15.4 Å². The predicted octanol–water partition coefficient (Wildman–Crippen LogP) is 3.78. The fraction of sp³-hybridized carbons (Fsp3) is 0.579. The van der Waals surface area contributed by atoms with Gasteiger partial charge in [-0.2, -0.15) is 0 Å². The van der Waals surface area contributed by atoms with Crippen LogP contribution in [0.4, 0.5) is 5.82 Å². The highest BCUT2D eigenvalue weighted by molar-refractivity contribution is 5.85. The molecule has 1 aliphatic carbocycles. The fourth-order valence-electron chi connectivity index (χ4n) is 3.31. The zero-order valence-corrected chi connectivity index (χ0v) is 15.4. The Morgan fingerprint density at radius 2 is 1.76 bits per heavy atom. The molecule has 2 N–H and O–H groups in total. The smallest absolute Gasteiger partial charge is 0.258 e. The molecule has 2 heterocycles. The first-order valence-corrected chi connectivity index (χ1v) is 9.25. The molecular formula is C19H27ClN4O. The van der Waals surface area contributed by atoms with Gasteiger partial charge in [0.15, 0.2) is 5.82 Å². The second-order valence-electron chi connectivity index (χ2n) is 6.97. The van der Waals surface area contributed by atoms with Crippen LogP contribution in [0.15, 0.2) is 24.3 Å². The fourth-order valence-corrected chi connectivity index (χ4v) is 3.31. The molecule has 1 saturated heterocycles. The van der Waals surface area contributed by atoms with Crippen molar-refractivity contribution in [2.45, 2.75) is 44.6 Å². The van der Waals surface area contributed by atoms with E-state index in [2.05, 4.69) is 15.6 Å². The first-order valence-electron chi connectivity index (χ1n) is 9.25. The molecule has 0 amide bonds. The van der Waals surface area contributed by atoms with E-state index in [4.69, 9.17) is 9.72 Å². The van der Waals surface area contributed by atoms with Crippen LogP contribution in [0.25, 0.3) is 11.0 Å². The average molecular weight is 363 g/mol. The molecule has 0 radical (unpaired) electrons. The lowest BCUT2D eigenvalue weighted by molar-refractivity contribution is 0.267. The summed E-state index contributed by atoms with van der Waals surface area (Å²) in [5.74, 6) is 2.31. The molecule has 136 valence electrons. The minimum absolute atomic E-state index is 0. The summed E-state index contributed by atoms with van der Waals surface area (Å²) in [5, 5.41) is 6.88. The number of nitrogens with zero attached hydrogens (tertiary/aromatic N) is 2. The Labute approximate surface area is 155 Å². The molecule has 25 heavy (non-hydrogen) atoms. The summed E-state index contributed by atoms with van der Waals surface area (Å²) >= 11 is 0. The molecule has 4 rings (SSSR count). The third-order valence-electron chi connectivity index (χ3n) is 4.91. The Hall–Kier alpha value is -1.59. The molecule has 2 aliphatic rings. The highest BCUT2D eigenvalue weighted by Gasteiger charge is 2.24. The van der Waals surface area contributed by atoms with Crippen LogP contribution in [-0.2, 0) is 0 Å². The van der Waals surface area contributed by atoms with Gasteiger partial charge in [0, 0.05) is 6.04 Å². The summed E-state index contributed by atoms with van der Waals surface area (Å²) < 4.78 is 6.01. The molecule has 2 aromatic rings. The van der Waals surface area contributed by atoms with E-state index in [0.29, 0.717) is 11.9 Å². The van der Waals surface area contributed by atoms with Crippen molar-refractivity contribution < 1.29 is 4.74 Å². The number of hydrogen-bond acceptors (Lipinski definition) is 5. The predicted molar refractivity (Wildman–Crippen MR) is 104 cm³/mol.